The monoisotopic (exact) mass is 271 g/mol. The summed E-state index contributed by atoms with van der Waals surface area (Å²) in [4.78, 5) is 20.1. The Bertz CT molecular complexity index is 638. The molecule has 20 heavy (non-hydrogen) atoms. The summed E-state index contributed by atoms with van der Waals surface area (Å²) >= 11 is 0. The summed E-state index contributed by atoms with van der Waals surface area (Å²) < 4.78 is 5.37. The van der Waals surface area contributed by atoms with Crippen molar-refractivity contribution in [1.82, 2.24) is 15.1 Å². The predicted molar refractivity (Wildman–Crippen MR) is 73.2 cm³/mol. The summed E-state index contributed by atoms with van der Waals surface area (Å²) in [6, 6.07) is 2.05. The second-order valence-corrected chi connectivity index (χ2v) is 5.45. The van der Waals surface area contributed by atoms with Crippen LogP contribution in [0.25, 0.3) is 11.5 Å². The Balaban J connectivity index is 1.84. The molecular formula is C15H17N3O2. The van der Waals surface area contributed by atoms with Gasteiger partial charge in [-0.2, -0.15) is 4.98 Å². The lowest BCUT2D eigenvalue weighted by molar-refractivity contribution is -0.120. The number of aryl methyl sites for hydroxylation is 2. The Kier molecular flexibility index (Phi) is 3.34. The summed E-state index contributed by atoms with van der Waals surface area (Å²) in [5.41, 5.74) is 2.91. The lowest BCUT2D eigenvalue weighted by atomic mass is 9.88. The van der Waals surface area contributed by atoms with Crippen molar-refractivity contribution in [3.8, 4) is 11.5 Å². The molecule has 104 valence electrons. The van der Waals surface area contributed by atoms with Crippen molar-refractivity contribution in [3.05, 3.63) is 29.3 Å². The normalized spacial score (nSPS) is 16.6. The molecule has 0 aromatic carbocycles. The van der Waals surface area contributed by atoms with Gasteiger partial charge in [-0.25, -0.2) is 0 Å². The molecule has 0 N–H and O–H groups in total. The zero-order valence-electron chi connectivity index (χ0n) is 11.7. The topological polar surface area (TPSA) is 68.9 Å². The minimum absolute atomic E-state index is 0.208. The maximum atomic E-state index is 11.3. The maximum Gasteiger partial charge on any atom is 0.230 e. The highest BCUT2D eigenvalue weighted by Crippen LogP contribution is 2.31. The van der Waals surface area contributed by atoms with Crippen molar-refractivity contribution in [2.24, 2.45) is 0 Å². The van der Waals surface area contributed by atoms with Gasteiger partial charge in [-0.1, -0.05) is 11.2 Å². The lowest BCUT2D eigenvalue weighted by Crippen LogP contribution is -2.12. The molecule has 0 bridgehead atoms. The zero-order chi connectivity index (χ0) is 14.1. The molecule has 5 heteroatoms. The summed E-state index contributed by atoms with van der Waals surface area (Å²) in [6.45, 7) is 4.00. The van der Waals surface area contributed by atoms with Crippen LogP contribution in [-0.2, 0) is 4.79 Å². The highest BCUT2D eigenvalue weighted by Gasteiger charge is 2.25. The van der Waals surface area contributed by atoms with E-state index in [1.54, 1.807) is 6.20 Å². The molecule has 0 spiro atoms. The molecular weight excluding hydrogens is 254 g/mol. The summed E-state index contributed by atoms with van der Waals surface area (Å²) in [7, 11) is 0. The number of carbonyl (C=O) groups excluding carboxylic acids is 1. The van der Waals surface area contributed by atoms with Crippen LogP contribution in [0.2, 0.25) is 0 Å². The Morgan fingerprint density at radius 1 is 1.25 bits per heavy atom. The third-order valence-electron chi connectivity index (χ3n) is 3.76. The van der Waals surface area contributed by atoms with Crippen molar-refractivity contribution in [3.63, 3.8) is 0 Å². The molecule has 1 aliphatic rings. The number of rotatable bonds is 2. The van der Waals surface area contributed by atoms with Gasteiger partial charge in [-0.15, -0.1) is 0 Å². The molecule has 1 saturated carbocycles. The standard InChI is InChI=1S/C15H17N3O2/c1-9-7-10(2)13(16-8-9)14-17-15(20-18-14)11-3-5-12(19)6-4-11/h7-8,11H,3-6H2,1-2H3. The largest absolute Gasteiger partial charge is 0.339 e. The van der Waals surface area contributed by atoms with Crippen molar-refractivity contribution in [2.75, 3.05) is 0 Å². The fourth-order valence-corrected chi connectivity index (χ4v) is 2.63. The van der Waals surface area contributed by atoms with Crippen LogP contribution in [0.3, 0.4) is 0 Å². The Labute approximate surface area is 117 Å². The molecule has 0 radical (unpaired) electrons. The van der Waals surface area contributed by atoms with E-state index in [9.17, 15) is 4.79 Å². The van der Waals surface area contributed by atoms with E-state index >= 15 is 0 Å². The van der Waals surface area contributed by atoms with Gasteiger partial charge in [-0.3, -0.25) is 9.78 Å². The number of aromatic nitrogens is 3. The molecule has 0 unspecified atom stereocenters. The van der Waals surface area contributed by atoms with Crippen LogP contribution < -0.4 is 0 Å². The SMILES string of the molecule is Cc1cnc(-c2noc(C3CCC(=O)CC3)n2)c(C)c1. The molecule has 0 aliphatic heterocycles. The Morgan fingerprint density at radius 2 is 2.00 bits per heavy atom. The van der Waals surface area contributed by atoms with E-state index in [1.165, 1.54) is 0 Å². The van der Waals surface area contributed by atoms with Gasteiger partial charge in [0.15, 0.2) is 0 Å². The average Bonchev–Trinajstić information content (AvgIpc) is 2.89. The average molecular weight is 271 g/mol. The molecule has 5 nitrogen and oxygen atoms in total. The zero-order valence-corrected chi connectivity index (χ0v) is 11.7. The molecule has 2 aromatic heterocycles. The number of hydrogen-bond acceptors (Lipinski definition) is 5. The Morgan fingerprint density at radius 3 is 2.70 bits per heavy atom. The summed E-state index contributed by atoms with van der Waals surface area (Å²) in [6.07, 6.45) is 4.65. The van der Waals surface area contributed by atoms with Crippen LogP contribution >= 0.6 is 0 Å². The number of Topliss-reactive ketones (excluding diaryl/α,β-unsaturated/α-hetero) is 1. The van der Waals surface area contributed by atoms with Crippen molar-refractivity contribution < 1.29 is 9.32 Å². The first-order chi connectivity index (χ1) is 9.63. The molecule has 3 rings (SSSR count). The van der Waals surface area contributed by atoms with E-state index in [1.807, 2.05) is 13.8 Å². The molecule has 0 saturated heterocycles. The van der Waals surface area contributed by atoms with Crippen molar-refractivity contribution in [1.29, 1.82) is 0 Å². The van der Waals surface area contributed by atoms with E-state index in [-0.39, 0.29) is 5.92 Å². The van der Waals surface area contributed by atoms with Gasteiger partial charge in [0.05, 0.1) is 0 Å². The van der Waals surface area contributed by atoms with Crippen molar-refractivity contribution in [2.45, 2.75) is 45.4 Å². The molecule has 1 fully saturated rings. The van der Waals surface area contributed by atoms with Crippen LogP contribution in [0.5, 0.6) is 0 Å². The van der Waals surface area contributed by atoms with Gasteiger partial charge in [0.1, 0.15) is 11.5 Å². The third-order valence-corrected chi connectivity index (χ3v) is 3.76. The van der Waals surface area contributed by atoms with Gasteiger partial charge < -0.3 is 4.52 Å². The second kappa shape index (κ2) is 5.15. The van der Waals surface area contributed by atoms with Gasteiger partial charge in [-0.05, 0) is 37.8 Å². The number of pyridine rings is 1. The highest BCUT2D eigenvalue weighted by atomic mass is 16.5. The van der Waals surface area contributed by atoms with Gasteiger partial charge in [0, 0.05) is 25.0 Å². The second-order valence-electron chi connectivity index (χ2n) is 5.45. The van der Waals surface area contributed by atoms with Crippen LogP contribution in [0, 0.1) is 13.8 Å². The van der Waals surface area contributed by atoms with E-state index in [0.29, 0.717) is 30.3 Å². The first kappa shape index (κ1) is 13.0. The Hall–Kier alpha value is -2.04. The molecule has 2 heterocycles. The van der Waals surface area contributed by atoms with E-state index < -0.39 is 0 Å². The first-order valence-corrected chi connectivity index (χ1v) is 6.92. The number of hydrogen-bond donors (Lipinski definition) is 0. The molecule has 0 atom stereocenters. The fraction of sp³-hybridized carbons (Fsp3) is 0.467. The molecule has 1 aliphatic carbocycles. The lowest BCUT2D eigenvalue weighted by Gasteiger charge is -2.16. The third kappa shape index (κ3) is 2.48. The van der Waals surface area contributed by atoms with E-state index in [4.69, 9.17) is 4.52 Å². The van der Waals surface area contributed by atoms with Crippen LogP contribution in [0.1, 0.15) is 48.6 Å². The number of carbonyl (C=O) groups is 1. The van der Waals surface area contributed by atoms with Crippen LogP contribution in [-0.4, -0.2) is 20.9 Å². The van der Waals surface area contributed by atoms with Crippen molar-refractivity contribution >= 4 is 5.78 Å². The van der Waals surface area contributed by atoms with E-state index in [2.05, 4.69) is 21.2 Å². The van der Waals surface area contributed by atoms with Gasteiger partial charge in [0.2, 0.25) is 11.7 Å². The summed E-state index contributed by atoms with van der Waals surface area (Å²) in [5.74, 6) is 1.71. The van der Waals surface area contributed by atoms with Crippen LogP contribution in [0.4, 0.5) is 0 Å². The molecule has 2 aromatic rings. The quantitative estimate of drug-likeness (QED) is 0.839. The molecule has 0 amide bonds. The minimum atomic E-state index is 0.208. The summed E-state index contributed by atoms with van der Waals surface area (Å²) in [5, 5.41) is 4.04. The van der Waals surface area contributed by atoms with Gasteiger partial charge >= 0.3 is 0 Å². The van der Waals surface area contributed by atoms with Gasteiger partial charge in [0.25, 0.3) is 0 Å². The van der Waals surface area contributed by atoms with E-state index in [0.717, 1.165) is 29.7 Å². The smallest absolute Gasteiger partial charge is 0.230 e. The number of nitrogens with zero attached hydrogens (tertiary/aromatic N) is 3. The maximum absolute atomic E-state index is 11.3. The minimum Gasteiger partial charge on any atom is -0.339 e. The van der Waals surface area contributed by atoms with Crippen LogP contribution in [0.15, 0.2) is 16.8 Å². The first-order valence-electron chi connectivity index (χ1n) is 6.92. The highest BCUT2D eigenvalue weighted by molar-refractivity contribution is 5.79. The fourth-order valence-electron chi connectivity index (χ4n) is 2.63. The predicted octanol–water partition coefficient (Wildman–Crippen LogP) is 2.98. The number of ketones is 1.